The highest BCUT2D eigenvalue weighted by molar-refractivity contribution is 5.91. The van der Waals surface area contributed by atoms with E-state index in [1.165, 1.54) is 38.5 Å². The second-order valence-corrected chi connectivity index (χ2v) is 6.59. The van der Waals surface area contributed by atoms with Gasteiger partial charge in [-0.3, -0.25) is 4.79 Å². The molecule has 24 heavy (non-hydrogen) atoms. The van der Waals surface area contributed by atoms with Crippen LogP contribution in [0.5, 0.6) is 0 Å². The van der Waals surface area contributed by atoms with Crippen molar-refractivity contribution >= 4 is 21.9 Å². The van der Waals surface area contributed by atoms with Gasteiger partial charge in [0.15, 0.2) is 0 Å². The van der Waals surface area contributed by atoms with Crippen molar-refractivity contribution < 1.29 is 4.42 Å². The Kier molecular flexibility index (Phi) is 5.68. The molecular formula is C22H26O2. The first kappa shape index (κ1) is 16.8. The number of para-hydroxylation sites is 1. The Morgan fingerprint density at radius 3 is 2.33 bits per heavy atom. The Hall–Kier alpha value is -2.09. The van der Waals surface area contributed by atoms with E-state index in [4.69, 9.17) is 4.42 Å². The predicted molar refractivity (Wildman–Crippen MR) is 102 cm³/mol. The van der Waals surface area contributed by atoms with Gasteiger partial charge in [-0.15, -0.1) is 0 Å². The Morgan fingerprint density at radius 2 is 1.50 bits per heavy atom. The molecule has 1 heterocycles. The molecule has 0 saturated heterocycles. The number of fused-ring (bicyclic) bond motifs is 2. The van der Waals surface area contributed by atoms with Crippen molar-refractivity contribution in [3.63, 3.8) is 0 Å². The summed E-state index contributed by atoms with van der Waals surface area (Å²) < 4.78 is 5.94. The molecule has 1 aromatic heterocycles. The second-order valence-electron chi connectivity index (χ2n) is 6.59. The van der Waals surface area contributed by atoms with Crippen molar-refractivity contribution in [3.05, 3.63) is 58.3 Å². The molecule has 0 unspecified atom stereocenters. The Morgan fingerprint density at radius 1 is 0.792 bits per heavy atom. The Labute approximate surface area is 143 Å². The first-order valence-electron chi connectivity index (χ1n) is 9.24. The molecule has 0 aliphatic rings. The van der Waals surface area contributed by atoms with Gasteiger partial charge in [0.1, 0.15) is 11.2 Å². The summed E-state index contributed by atoms with van der Waals surface area (Å²) in [4.78, 5) is 12.9. The summed E-state index contributed by atoms with van der Waals surface area (Å²) in [5.41, 5.74) is 2.60. The molecule has 0 atom stereocenters. The lowest BCUT2D eigenvalue weighted by Crippen LogP contribution is -2.05. The van der Waals surface area contributed by atoms with Crippen LogP contribution < -0.4 is 5.43 Å². The van der Waals surface area contributed by atoms with Crippen LogP contribution in [0.4, 0.5) is 0 Å². The maximum atomic E-state index is 12.9. The fourth-order valence-corrected chi connectivity index (χ4v) is 3.40. The summed E-state index contributed by atoms with van der Waals surface area (Å²) in [5, 5.41) is 1.44. The molecular weight excluding hydrogens is 296 g/mol. The lowest BCUT2D eigenvalue weighted by atomic mass is 10.00. The van der Waals surface area contributed by atoms with Crippen LogP contribution in [0.2, 0.25) is 0 Å². The smallest absolute Gasteiger partial charge is 0.200 e. The molecule has 0 amide bonds. The molecule has 3 rings (SSSR count). The lowest BCUT2D eigenvalue weighted by Gasteiger charge is -2.07. The van der Waals surface area contributed by atoms with E-state index in [9.17, 15) is 4.79 Å². The summed E-state index contributed by atoms with van der Waals surface area (Å²) in [6.07, 6.45) is 9.93. The van der Waals surface area contributed by atoms with E-state index in [1.54, 1.807) is 0 Å². The fraction of sp³-hybridized carbons (Fsp3) is 0.409. The zero-order valence-corrected chi connectivity index (χ0v) is 14.5. The van der Waals surface area contributed by atoms with Crippen LogP contribution >= 0.6 is 0 Å². The monoisotopic (exact) mass is 322 g/mol. The molecule has 0 bridgehead atoms. The van der Waals surface area contributed by atoms with E-state index in [0.717, 1.165) is 23.8 Å². The van der Waals surface area contributed by atoms with Gasteiger partial charge in [-0.05, 0) is 36.6 Å². The molecule has 0 N–H and O–H groups in total. The van der Waals surface area contributed by atoms with Crippen LogP contribution in [0.3, 0.4) is 0 Å². The van der Waals surface area contributed by atoms with E-state index >= 15 is 0 Å². The topological polar surface area (TPSA) is 30.2 Å². The number of rotatable bonds is 8. The van der Waals surface area contributed by atoms with Crippen molar-refractivity contribution in [2.75, 3.05) is 0 Å². The van der Waals surface area contributed by atoms with Crippen LogP contribution in [0.25, 0.3) is 21.9 Å². The van der Waals surface area contributed by atoms with Gasteiger partial charge in [0.25, 0.3) is 0 Å². The number of aryl methyl sites for hydroxylation is 1. The molecule has 0 aliphatic heterocycles. The van der Waals surface area contributed by atoms with Gasteiger partial charge < -0.3 is 4.42 Å². The minimum atomic E-state index is 0.102. The number of unbranched alkanes of at least 4 members (excludes halogenated alkanes) is 6. The third-order valence-electron chi connectivity index (χ3n) is 4.74. The summed E-state index contributed by atoms with van der Waals surface area (Å²) in [6.45, 7) is 2.25. The maximum Gasteiger partial charge on any atom is 0.200 e. The predicted octanol–water partition coefficient (Wildman–Crippen LogP) is 6.24. The van der Waals surface area contributed by atoms with Gasteiger partial charge in [0.05, 0.1) is 10.8 Å². The van der Waals surface area contributed by atoms with E-state index < -0.39 is 0 Å². The molecule has 2 nitrogen and oxygen atoms in total. The van der Waals surface area contributed by atoms with E-state index in [0.29, 0.717) is 16.6 Å². The summed E-state index contributed by atoms with van der Waals surface area (Å²) in [7, 11) is 0. The molecule has 0 fully saturated rings. The van der Waals surface area contributed by atoms with E-state index in [-0.39, 0.29) is 5.43 Å². The largest absolute Gasteiger partial charge is 0.456 e. The molecule has 0 radical (unpaired) electrons. The number of hydrogen-bond acceptors (Lipinski definition) is 2. The molecule has 0 spiro atoms. The Balaban J connectivity index is 1.76. The van der Waals surface area contributed by atoms with Gasteiger partial charge in [-0.25, -0.2) is 0 Å². The third kappa shape index (κ3) is 3.69. The second kappa shape index (κ2) is 8.14. The highest BCUT2D eigenvalue weighted by Crippen LogP contribution is 2.22. The van der Waals surface area contributed by atoms with Gasteiger partial charge in [-0.1, -0.05) is 69.7 Å². The van der Waals surface area contributed by atoms with Crippen molar-refractivity contribution in [1.82, 2.24) is 0 Å². The van der Waals surface area contributed by atoms with Gasteiger partial charge >= 0.3 is 0 Å². The summed E-state index contributed by atoms with van der Waals surface area (Å²) in [5.74, 6) is 0. The molecule has 3 aromatic rings. The quantitative estimate of drug-likeness (QED) is 0.363. The van der Waals surface area contributed by atoms with Crippen LogP contribution in [-0.4, -0.2) is 0 Å². The van der Waals surface area contributed by atoms with Crippen LogP contribution in [-0.2, 0) is 6.42 Å². The van der Waals surface area contributed by atoms with Gasteiger partial charge in [-0.2, -0.15) is 0 Å². The van der Waals surface area contributed by atoms with Crippen molar-refractivity contribution in [2.24, 2.45) is 0 Å². The molecule has 0 aliphatic carbocycles. The van der Waals surface area contributed by atoms with Crippen molar-refractivity contribution in [2.45, 2.75) is 58.3 Å². The third-order valence-corrected chi connectivity index (χ3v) is 4.74. The van der Waals surface area contributed by atoms with Crippen LogP contribution in [0.1, 0.15) is 57.4 Å². The number of benzene rings is 2. The average molecular weight is 322 g/mol. The average Bonchev–Trinajstić information content (AvgIpc) is 2.61. The SMILES string of the molecule is CCCCCCCCCc1cccc2oc3ccccc3c(=O)c12. The van der Waals surface area contributed by atoms with Gasteiger partial charge in [0.2, 0.25) is 5.43 Å². The van der Waals surface area contributed by atoms with Gasteiger partial charge in [0, 0.05) is 0 Å². The van der Waals surface area contributed by atoms with Crippen LogP contribution in [0.15, 0.2) is 51.7 Å². The molecule has 2 heteroatoms. The van der Waals surface area contributed by atoms with E-state index in [2.05, 4.69) is 13.0 Å². The summed E-state index contributed by atoms with van der Waals surface area (Å²) >= 11 is 0. The lowest BCUT2D eigenvalue weighted by molar-refractivity contribution is 0.589. The van der Waals surface area contributed by atoms with Crippen LogP contribution in [0, 0.1) is 0 Å². The van der Waals surface area contributed by atoms with E-state index in [1.807, 2.05) is 36.4 Å². The Bertz CT molecular complexity index is 861. The van der Waals surface area contributed by atoms with Crippen molar-refractivity contribution in [3.8, 4) is 0 Å². The molecule has 2 aromatic carbocycles. The van der Waals surface area contributed by atoms with Crippen molar-refractivity contribution in [1.29, 1.82) is 0 Å². The minimum absolute atomic E-state index is 0.102. The molecule has 126 valence electrons. The maximum absolute atomic E-state index is 12.9. The standard InChI is InChI=1S/C22H26O2/c1-2-3-4-5-6-7-8-12-17-13-11-16-20-21(17)22(23)18-14-9-10-15-19(18)24-20/h9-11,13-16H,2-8,12H2,1H3. The number of hydrogen-bond donors (Lipinski definition) is 0. The normalized spacial score (nSPS) is 11.4. The zero-order valence-electron chi connectivity index (χ0n) is 14.5. The summed E-state index contributed by atoms with van der Waals surface area (Å²) in [6, 6.07) is 13.5. The highest BCUT2D eigenvalue weighted by atomic mass is 16.3. The highest BCUT2D eigenvalue weighted by Gasteiger charge is 2.10. The minimum Gasteiger partial charge on any atom is -0.456 e. The first-order chi connectivity index (χ1) is 11.8. The molecule has 0 saturated carbocycles. The fourth-order valence-electron chi connectivity index (χ4n) is 3.40. The zero-order chi connectivity index (χ0) is 16.8. The first-order valence-corrected chi connectivity index (χ1v) is 9.24.